The number of aromatic nitrogens is 4. The van der Waals surface area contributed by atoms with Gasteiger partial charge >= 0.3 is 0 Å². The van der Waals surface area contributed by atoms with Crippen molar-refractivity contribution in [2.24, 2.45) is 0 Å². The van der Waals surface area contributed by atoms with Crippen molar-refractivity contribution in [1.82, 2.24) is 30.0 Å². The van der Waals surface area contributed by atoms with Gasteiger partial charge in [0.05, 0.1) is 12.6 Å². The van der Waals surface area contributed by atoms with Crippen molar-refractivity contribution < 1.29 is 9.47 Å². The highest BCUT2D eigenvalue weighted by molar-refractivity contribution is 5.44. The summed E-state index contributed by atoms with van der Waals surface area (Å²) >= 11 is 0. The number of benzene rings is 3. The summed E-state index contributed by atoms with van der Waals surface area (Å²) in [5, 5.41) is 13.0. The Kier molecular flexibility index (Phi) is 6.13. The molecule has 0 bridgehead atoms. The fraction of sp³-hybridized carbons (Fsp3) is 0.296. The first kappa shape index (κ1) is 21.8. The van der Waals surface area contributed by atoms with E-state index in [1.54, 1.807) is 0 Å². The fourth-order valence-electron chi connectivity index (χ4n) is 4.91. The Morgan fingerprint density at radius 2 is 1.49 bits per heavy atom. The first-order valence-electron chi connectivity index (χ1n) is 12.0. The van der Waals surface area contributed by atoms with Gasteiger partial charge in [-0.3, -0.25) is 9.80 Å². The van der Waals surface area contributed by atoms with Gasteiger partial charge in [-0.2, -0.15) is 0 Å². The molecule has 0 amide bonds. The topological polar surface area (TPSA) is 68.5 Å². The maximum Gasteiger partial charge on any atom is 0.231 e. The van der Waals surface area contributed by atoms with Gasteiger partial charge in [-0.1, -0.05) is 66.7 Å². The molecule has 0 spiro atoms. The van der Waals surface area contributed by atoms with E-state index in [1.807, 2.05) is 28.9 Å². The molecule has 2 aliphatic rings. The van der Waals surface area contributed by atoms with Gasteiger partial charge < -0.3 is 9.47 Å². The Labute approximate surface area is 204 Å². The summed E-state index contributed by atoms with van der Waals surface area (Å²) < 4.78 is 12.9. The van der Waals surface area contributed by atoms with Crippen molar-refractivity contribution in [1.29, 1.82) is 0 Å². The van der Waals surface area contributed by atoms with Crippen LogP contribution < -0.4 is 9.47 Å². The molecule has 1 aromatic heterocycles. The van der Waals surface area contributed by atoms with Crippen LogP contribution in [0.25, 0.3) is 0 Å². The van der Waals surface area contributed by atoms with E-state index >= 15 is 0 Å². The fourth-order valence-corrected chi connectivity index (χ4v) is 4.91. The van der Waals surface area contributed by atoms with Crippen molar-refractivity contribution >= 4 is 0 Å². The van der Waals surface area contributed by atoms with Crippen molar-refractivity contribution in [3.8, 4) is 11.5 Å². The van der Waals surface area contributed by atoms with Crippen molar-refractivity contribution in [2.75, 3.05) is 33.0 Å². The molecule has 1 fully saturated rings. The lowest BCUT2D eigenvalue weighted by atomic mass is 10.0. The Hall–Kier alpha value is -3.75. The summed E-state index contributed by atoms with van der Waals surface area (Å²) in [5.74, 6) is 2.40. The van der Waals surface area contributed by atoms with Crippen LogP contribution in [-0.2, 0) is 13.1 Å². The number of tetrazole rings is 1. The number of hydrogen-bond donors (Lipinski definition) is 0. The third kappa shape index (κ3) is 4.76. The zero-order valence-corrected chi connectivity index (χ0v) is 19.5. The van der Waals surface area contributed by atoms with Crippen LogP contribution in [0.1, 0.15) is 28.6 Å². The summed E-state index contributed by atoms with van der Waals surface area (Å²) in [4.78, 5) is 5.02. The van der Waals surface area contributed by atoms with E-state index in [2.05, 4.69) is 79.9 Å². The van der Waals surface area contributed by atoms with Gasteiger partial charge in [0.1, 0.15) is 0 Å². The first-order valence-corrected chi connectivity index (χ1v) is 12.0. The number of hydrogen-bond acceptors (Lipinski definition) is 7. The normalized spacial score (nSPS) is 16.9. The molecule has 3 aromatic carbocycles. The lowest BCUT2D eigenvalue weighted by Gasteiger charge is -2.39. The molecule has 0 unspecified atom stereocenters. The minimum Gasteiger partial charge on any atom is -0.454 e. The van der Waals surface area contributed by atoms with Crippen LogP contribution in [0.5, 0.6) is 11.5 Å². The monoisotopic (exact) mass is 468 g/mol. The molecule has 2 aliphatic heterocycles. The van der Waals surface area contributed by atoms with Crippen LogP contribution in [0.2, 0.25) is 0 Å². The molecule has 0 saturated carbocycles. The van der Waals surface area contributed by atoms with Gasteiger partial charge in [-0.25, -0.2) is 4.68 Å². The van der Waals surface area contributed by atoms with Gasteiger partial charge in [-0.05, 0) is 39.2 Å². The highest BCUT2D eigenvalue weighted by Gasteiger charge is 2.30. The summed E-state index contributed by atoms with van der Waals surface area (Å²) in [6, 6.07) is 27.2. The third-order valence-electron chi connectivity index (χ3n) is 6.71. The Bertz CT molecular complexity index is 1260. The second-order valence-electron chi connectivity index (χ2n) is 8.99. The SMILES string of the molecule is c1ccc(CN2CCN([C@H](c3ccccc3)c3nnnn3Cc3ccc4c(c3)OCO4)CC2)cc1. The van der Waals surface area contributed by atoms with Gasteiger partial charge in [0, 0.05) is 32.7 Å². The predicted octanol–water partition coefficient (Wildman–Crippen LogP) is 3.36. The van der Waals surface area contributed by atoms with E-state index in [1.165, 1.54) is 11.1 Å². The van der Waals surface area contributed by atoms with E-state index < -0.39 is 0 Å². The number of fused-ring (bicyclic) bond motifs is 1. The van der Waals surface area contributed by atoms with Gasteiger partial charge in [0.2, 0.25) is 6.79 Å². The third-order valence-corrected chi connectivity index (χ3v) is 6.71. The zero-order chi connectivity index (χ0) is 23.5. The maximum atomic E-state index is 5.56. The summed E-state index contributed by atoms with van der Waals surface area (Å²) in [5.41, 5.74) is 3.63. The van der Waals surface area contributed by atoms with E-state index in [-0.39, 0.29) is 12.8 Å². The lowest BCUT2D eigenvalue weighted by molar-refractivity contribution is 0.100. The standard InChI is InChI=1S/C27H28N6O2/c1-3-7-21(8-4-1)18-31-13-15-32(16-14-31)26(23-9-5-2-6-10-23)27-28-29-30-33(27)19-22-11-12-24-25(17-22)35-20-34-24/h1-12,17,26H,13-16,18-20H2/t26-/m1/s1. The molecule has 1 saturated heterocycles. The molecule has 1 atom stereocenters. The molecule has 178 valence electrons. The molecule has 8 heteroatoms. The first-order chi connectivity index (χ1) is 17.3. The van der Waals surface area contributed by atoms with Gasteiger partial charge in [0.15, 0.2) is 17.3 Å². The van der Waals surface area contributed by atoms with Crippen molar-refractivity contribution in [2.45, 2.75) is 19.1 Å². The minimum atomic E-state index is -0.0147. The Balaban J connectivity index is 1.23. The van der Waals surface area contributed by atoms with Crippen LogP contribution in [0.4, 0.5) is 0 Å². The molecule has 0 aliphatic carbocycles. The number of piperazine rings is 1. The van der Waals surface area contributed by atoms with E-state index in [0.29, 0.717) is 6.54 Å². The number of rotatable bonds is 7. The predicted molar refractivity (Wildman–Crippen MR) is 131 cm³/mol. The van der Waals surface area contributed by atoms with Crippen molar-refractivity contribution in [3.63, 3.8) is 0 Å². The minimum absolute atomic E-state index is 0.0147. The maximum absolute atomic E-state index is 5.56. The quantitative estimate of drug-likeness (QED) is 0.412. The smallest absolute Gasteiger partial charge is 0.231 e. The largest absolute Gasteiger partial charge is 0.454 e. The highest BCUT2D eigenvalue weighted by atomic mass is 16.7. The summed E-state index contributed by atoms with van der Waals surface area (Å²) in [6.07, 6.45) is 0. The van der Waals surface area contributed by atoms with Crippen LogP contribution >= 0.6 is 0 Å². The molecule has 0 radical (unpaired) electrons. The number of ether oxygens (including phenoxy) is 2. The molecular formula is C27H28N6O2. The van der Waals surface area contributed by atoms with Crippen LogP contribution in [0.15, 0.2) is 78.9 Å². The average Bonchev–Trinajstić information content (AvgIpc) is 3.56. The summed E-state index contributed by atoms with van der Waals surface area (Å²) in [6.45, 7) is 5.71. The molecule has 3 heterocycles. The van der Waals surface area contributed by atoms with Gasteiger partial charge in [-0.15, -0.1) is 5.10 Å². The van der Waals surface area contributed by atoms with E-state index in [4.69, 9.17) is 9.47 Å². The molecule has 8 nitrogen and oxygen atoms in total. The summed E-state index contributed by atoms with van der Waals surface area (Å²) in [7, 11) is 0. The van der Waals surface area contributed by atoms with Crippen LogP contribution in [0, 0.1) is 0 Å². The molecular weight excluding hydrogens is 440 g/mol. The molecule has 0 N–H and O–H groups in total. The highest BCUT2D eigenvalue weighted by Crippen LogP contribution is 2.33. The number of nitrogens with zero attached hydrogens (tertiary/aromatic N) is 6. The van der Waals surface area contributed by atoms with Crippen LogP contribution in [0.3, 0.4) is 0 Å². The van der Waals surface area contributed by atoms with Crippen molar-refractivity contribution in [3.05, 3.63) is 101 Å². The Morgan fingerprint density at radius 3 is 2.29 bits per heavy atom. The Morgan fingerprint density at radius 1 is 0.743 bits per heavy atom. The zero-order valence-electron chi connectivity index (χ0n) is 19.5. The second-order valence-corrected chi connectivity index (χ2v) is 8.99. The van der Waals surface area contributed by atoms with Crippen LogP contribution in [-0.4, -0.2) is 63.0 Å². The lowest BCUT2D eigenvalue weighted by Crippen LogP contribution is -2.47. The molecule has 6 rings (SSSR count). The average molecular weight is 469 g/mol. The van der Waals surface area contributed by atoms with E-state index in [9.17, 15) is 0 Å². The van der Waals surface area contributed by atoms with E-state index in [0.717, 1.165) is 55.6 Å². The molecule has 4 aromatic rings. The second kappa shape index (κ2) is 9.85. The molecule has 35 heavy (non-hydrogen) atoms. The van der Waals surface area contributed by atoms with Gasteiger partial charge in [0.25, 0.3) is 0 Å².